The number of nitrogen functional groups attached to an aromatic ring is 1. The quantitative estimate of drug-likeness (QED) is 0.747. The van der Waals surface area contributed by atoms with Gasteiger partial charge in [0.2, 0.25) is 0 Å². The first kappa shape index (κ1) is 12.0. The monoisotopic (exact) mass is 238 g/mol. The summed E-state index contributed by atoms with van der Waals surface area (Å²) in [5.74, 6) is 0.723. The SMILES string of the molecule is Nc1ccc(N2CCOCC2)c(OCCO)c1. The molecule has 2 rings (SSSR count). The van der Waals surface area contributed by atoms with Crippen LogP contribution >= 0.6 is 0 Å². The lowest BCUT2D eigenvalue weighted by Crippen LogP contribution is -2.36. The zero-order valence-electron chi connectivity index (χ0n) is 9.76. The smallest absolute Gasteiger partial charge is 0.144 e. The first-order valence-corrected chi connectivity index (χ1v) is 5.77. The van der Waals surface area contributed by atoms with Gasteiger partial charge < -0.3 is 25.2 Å². The molecular formula is C12H18N2O3. The minimum Gasteiger partial charge on any atom is -0.489 e. The fourth-order valence-corrected chi connectivity index (χ4v) is 1.87. The molecule has 0 atom stereocenters. The van der Waals surface area contributed by atoms with Crippen molar-refractivity contribution in [2.75, 3.05) is 50.2 Å². The molecule has 0 spiro atoms. The summed E-state index contributed by atoms with van der Waals surface area (Å²) in [5, 5.41) is 8.81. The lowest BCUT2D eigenvalue weighted by Gasteiger charge is -2.30. The van der Waals surface area contributed by atoms with E-state index in [1.54, 1.807) is 6.07 Å². The molecule has 0 aliphatic carbocycles. The van der Waals surface area contributed by atoms with Crippen LogP contribution in [0.5, 0.6) is 5.75 Å². The van der Waals surface area contributed by atoms with Gasteiger partial charge in [-0.15, -0.1) is 0 Å². The van der Waals surface area contributed by atoms with Crippen molar-refractivity contribution < 1.29 is 14.6 Å². The van der Waals surface area contributed by atoms with E-state index in [2.05, 4.69) is 4.90 Å². The van der Waals surface area contributed by atoms with Crippen LogP contribution in [0.1, 0.15) is 0 Å². The van der Waals surface area contributed by atoms with Crippen LogP contribution in [0.25, 0.3) is 0 Å². The van der Waals surface area contributed by atoms with Crippen LogP contribution in [0.4, 0.5) is 11.4 Å². The average Bonchev–Trinajstić information content (AvgIpc) is 2.37. The number of rotatable bonds is 4. The molecule has 1 aliphatic heterocycles. The zero-order valence-corrected chi connectivity index (χ0v) is 9.76. The maximum Gasteiger partial charge on any atom is 0.144 e. The molecule has 5 heteroatoms. The first-order chi connectivity index (χ1) is 8.31. The topological polar surface area (TPSA) is 68.0 Å². The van der Waals surface area contributed by atoms with Gasteiger partial charge >= 0.3 is 0 Å². The summed E-state index contributed by atoms with van der Waals surface area (Å²) in [7, 11) is 0. The van der Waals surface area contributed by atoms with Crippen LogP contribution in [-0.2, 0) is 4.74 Å². The Morgan fingerprint density at radius 3 is 2.82 bits per heavy atom. The van der Waals surface area contributed by atoms with Crippen molar-refractivity contribution in [3.8, 4) is 5.75 Å². The Labute approximate surface area is 101 Å². The van der Waals surface area contributed by atoms with Gasteiger partial charge in [-0.05, 0) is 12.1 Å². The van der Waals surface area contributed by atoms with E-state index in [9.17, 15) is 0 Å². The molecule has 3 N–H and O–H groups in total. The van der Waals surface area contributed by atoms with Gasteiger partial charge in [-0.2, -0.15) is 0 Å². The van der Waals surface area contributed by atoms with E-state index in [1.807, 2.05) is 12.1 Å². The predicted molar refractivity (Wildman–Crippen MR) is 66.5 cm³/mol. The first-order valence-electron chi connectivity index (χ1n) is 5.77. The number of ether oxygens (including phenoxy) is 2. The highest BCUT2D eigenvalue weighted by Crippen LogP contribution is 2.31. The van der Waals surface area contributed by atoms with Crippen molar-refractivity contribution in [1.82, 2.24) is 0 Å². The number of aliphatic hydroxyl groups excluding tert-OH is 1. The molecule has 0 amide bonds. The van der Waals surface area contributed by atoms with Gasteiger partial charge in [0, 0.05) is 24.8 Å². The molecule has 0 saturated carbocycles. The Morgan fingerprint density at radius 1 is 1.35 bits per heavy atom. The van der Waals surface area contributed by atoms with E-state index < -0.39 is 0 Å². The molecule has 0 bridgehead atoms. The van der Waals surface area contributed by atoms with Gasteiger partial charge in [-0.25, -0.2) is 0 Å². The maximum absolute atomic E-state index is 8.81. The predicted octanol–water partition coefficient (Wildman–Crippen LogP) is 0.476. The van der Waals surface area contributed by atoms with E-state index in [1.165, 1.54) is 0 Å². The number of hydrogen-bond acceptors (Lipinski definition) is 5. The summed E-state index contributed by atoms with van der Waals surface area (Å²) in [6.45, 7) is 3.42. The molecule has 1 aliphatic rings. The van der Waals surface area contributed by atoms with Gasteiger partial charge in [0.15, 0.2) is 0 Å². The highest BCUT2D eigenvalue weighted by molar-refractivity contribution is 5.64. The van der Waals surface area contributed by atoms with Crippen LogP contribution in [0.15, 0.2) is 18.2 Å². The Hall–Kier alpha value is -1.46. The molecule has 1 aromatic carbocycles. The van der Waals surface area contributed by atoms with Crippen LogP contribution < -0.4 is 15.4 Å². The van der Waals surface area contributed by atoms with Gasteiger partial charge in [0.25, 0.3) is 0 Å². The Morgan fingerprint density at radius 2 is 2.12 bits per heavy atom. The number of hydrogen-bond donors (Lipinski definition) is 2. The molecule has 94 valence electrons. The van der Waals surface area contributed by atoms with Crippen molar-refractivity contribution in [3.63, 3.8) is 0 Å². The second-order valence-corrected chi connectivity index (χ2v) is 3.90. The van der Waals surface area contributed by atoms with Crippen molar-refractivity contribution in [1.29, 1.82) is 0 Å². The fourth-order valence-electron chi connectivity index (χ4n) is 1.87. The average molecular weight is 238 g/mol. The van der Waals surface area contributed by atoms with E-state index >= 15 is 0 Å². The van der Waals surface area contributed by atoms with Crippen molar-refractivity contribution in [2.45, 2.75) is 0 Å². The molecule has 1 saturated heterocycles. The third kappa shape index (κ3) is 3.01. The molecule has 1 fully saturated rings. The standard InChI is InChI=1S/C12H18N2O3/c13-10-1-2-11(12(9-10)17-8-5-15)14-3-6-16-7-4-14/h1-2,9,15H,3-8,13H2. The minimum atomic E-state index is -0.00263. The zero-order chi connectivity index (χ0) is 12.1. The highest BCUT2D eigenvalue weighted by Gasteiger charge is 2.15. The van der Waals surface area contributed by atoms with Crippen LogP contribution in [0, 0.1) is 0 Å². The summed E-state index contributed by atoms with van der Waals surface area (Å²) >= 11 is 0. The van der Waals surface area contributed by atoms with Gasteiger partial charge in [-0.1, -0.05) is 0 Å². The van der Waals surface area contributed by atoms with Gasteiger partial charge in [0.05, 0.1) is 25.5 Å². The molecule has 0 aromatic heterocycles. The Bertz CT molecular complexity index is 365. The lowest BCUT2D eigenvalue weighted by molar-refractivity contribution is 0.122. The minimum absolute atomic E-state index is 0.00263. The number of aliphatic hydroxyl groups is 1. The summed E-state index contributed by atoms with van der Waals surface area (Å²) < 4.78 is 10.8. The van der Waals surface area contributed by atoms with Gasteiger partial charge in [-0.3, -0.25) is 0 Å². The van der Waals surface area contributed by atoms with E-state index in [4.69, 9.17) is 20.3 Å². The highest BCUT2D eigenvalue weighted by atomic mass is 16.5. The number of benzene rings is 1. The largest absolute Gasteiger partial charge is 0.489 e. The summed E-state index contributed by atoms with van der Waals surface area (Å²) in [5.41, 5.74) is 7.42. The van der Waals surface area contributed by atoms with E-state index in [-0.39, 0.29) is 13.2 Å². The van der Waals surface area contributed by atoms with Crippen molar-refractivity contribution >= 4 is 11.4 Å². The normalized spacial score (nSPS) is 15.9. The molecule has 1 aromatic rings. The molecule has 17 heavy (non-hydrogen) atoms. The van der Waals surface area contributed by atoms with Crippen LogP contribution in [0.3, 0.4) is 0 Å². The fraction of sp³-hybridized carbons (Fsp3) is 0.500. The summed E-state index contributed by atoms with van der Waals surface area (Å²) in [6.07, 6.45) is 0. The van der Waals surface area contributed by atoms with Crippen molar-refractivity contribution in [2.24, 2.45) is 0 Å². The molecular weight excluding hydrogens is 220 g/mol. The van der Waals surface area contributed by atoms with Crippen LogP contribution in [-0.4, -0.2) is 44.6 Å². The number of anilines is 2. The maximum atomic E-state index is 8.81. The third-order valence-corrected chi connectivity index (χ3v) is 2.68. The van der Waals surface area contributed by atoms with E-state index in [0.29, 0.717) is 5.69 Å². The third-order valence-electron chi connectivity index (χ3n) is 2.68. The van der Waals surface area contributed by atoms with Gasteiger partial charge in [0.1, 0.15) is 12.4 Å². The number of morpholine rings is 1. The Kier molecular flexibility index (Phi) is 4.06. The molecule has 1 heterocycles. The summed E-state index contributed by atoms with van der Waals surface area (Å²) in [6, 6.07) is 5.60. The van der Waals surface area contributed by atoms with Crippen LogP contribution in [0.2, 0.25) is 0 Å². The van der Waals surface area contributed by atoms with E-state index in [0.717, 1.165) is 37.7 Å². The summed E-state index contributed by atoms with van der Waals surface area (Å²) in [4.78, 5) is 2.20. The second kappa shape index (κ2) is 5.75. The number of nitrogens with zero attached hydrogens (tertiary/aromatic N) is 1. The Balaban J connectivity index is 2.18. The van der Waals surface area contributed by atoms with Crippen molar-refractivity contribution in [3.05, 3.63) is 18.2 Å². The lowest BCUT2D eigenvalue weighted by atomic mass is 10.2. The molecule has 5 nitrogen and oxygen atoms in total. The molecule has 0 unspecified atom stereocenters. The second-order valence-electron chi connectivity index (χ2n) is 3.90. The number of nitrogens with two attached hydrogens (primary N) is 1. The molecule has 0 radical (unpaired) electrons.